The summed E-state index contributed by atoms with van der Waals surface area (Å²) in [5, 5.41) is 8.35. The number of likely N-dealkylation sites (N-methyl/N-ethyl adjacent to an activating group) is 1. The van der Waals surface area contributed by atoms with Crippen LogP contribution in [0.4, 0.5) is 0 Å². The molecule has 76 valence electrons. The Morgan fingerprint density at radius 2 is 2.08 bits per heavy atom. The van der Waals surface area contributed by atoms with Crippen molar-refractivity contribution in [3.63, 3.8) is 0 Å². The smallest absolute Gasteiger partial charge is 0.303 e. The van der Waals surface area contributed by atoms with Crippen molar-refractivity contribution in [1.29, 1.82) is 0 Å². The molecular weight excluding hydrogens is 172 g/mol. The number of rotatable bonds is 5. The largest absolute Gasteiger partial charge is 0.481 e. The summed E-state index contributed by atoms with van der Waals surface area (Å²) < 4.78 is 0. The number of nitrogens with two attached hydrogens (primary N) is 1. The predicted octanol–water partition coefficient (Wildman–Crippen LogP) is -0.343. The molecule has 0 aliphatic carbocycles. The van der Waals surface area contributed by atoms with Crippen LogP contribution in [0, 0.1) is 0 Å². The Bertz CT molecular complexity index is 192. The third kappa shape index (κ3) is 5.19. The van der Waals surface area contributed by atoms with Crippen molar-refractivity contribution in [2.24, 2.45) is 5.73 Å². The average molecular weight is 188 g/mol. The SMILES string of the molecule is CC(N)C(=O)N(C)CCCC(=O)O. The van der Waals surface area contributed by atoms with Gasteiger partial charge >= 0.3 is 5.97 Å². The molecule has 0 radical (unpaired) electrons. The third-order valence-corrected chi connectivity index (χ3v) is 1.65. The van der Waals surface area contributed by atoms with Gasteiger partial charge in [0, 0.05) is 20.0 Å². The van der Waals surface area contributed by atoms with Crippen LogP contribution in [0.3, 0.4) is 0 Å². The summed E-state index contributed by atoms with van der Waals surface area (Å²) in [6.07, 6.45) is 0.543. The summed E-state index contributed by atoms with van der Waals surface area (Å²) in [7, 11) is 1.62. The Balaban J connectivity index is 3.68. The minimum absolute atomic E-state index is 0.0799. The molecule has 0 spiro atoms. The number of aliphatic carboxylic acids is 1. The minimum atomic E-state index is -0.846. The first-order valence-electron chi connectivity index (χ1n) is 4.17. The van der Waals surface area contributed by atoms with Gasteiger partial charge in [0.15, 0.2) is 0 Å². The van der Waals surface area contributed by atoms with Gasteiger partial charge in [-0.05, 0) is 13.3 Å². The molecule has 0 rings (SSSR count). The zero-order chi connectivity index (χ0) is 10.4. The first kappa shape index (κ1) is 11.9. The zero-order valence-electron chi connectivity index (χ0n) is 7.99. The maximum absolute atomic E-state index is 11.2. The molecule has 13 heavy (non-hydrogen) atoms. The lowest BCUT2D eigenvalue weighted by Gasteiger charge is -2.18. The minimum Gasteiger partial charge on any atom is -0.481 e. The number of hydrogen-bond acceptors (Lipinski definition) is 3. The first-order chi connectivity index (χ1) is 5.95. The lowest BCUT2D eigenvalue weighted by atomic mass is 10.2. The summed E-state index contributed by atoms with van der Waals surface area (Å²) >= 11 is 0. The van der Waals surface area contributed by atoms with Gasteiger partial charge in [0.25, 0.3) is 0 Å². The zero-order valence-corrected chi connectivity index (χ0v) is 7.99. The van der Waals surface area contributed by atoms with Crippen molar-refractivity contribution < 1.29 is 14.7 Å². The average Bonchev–Trinajstić information content (AvgIpc) is 2.02. The van der Waals surface area contributed by atoms with Crippen molar-refractivity contribution in [1.82, 2.24) is 4.90 Å². The van der Waals surface area contributed by atoms with Crippen LogP contribution in [0.1, 0.15) is 19.8 Å². The van der Waals surface area contributed by atoms with Crippen LogP contribution >= 0.6 is 0 Å². The van der Waals surface area contributed by atoms with E-state index in [4.69, 9.17) is 10.8 Å². The molecule has 0 fully saturated rings. The summed E-state index contributed by atoms with van der Waals surface area (Å²) in [4.78, 5) is 22.8. The van der Waals surface area contributed by atoms with Crippen LogP contribution in [-0.2, 0) is 9.59 Å². The molecule has 0 aromatic rings. The van der Waals surface area contributed by atoms with E-state index in [2.05, 4.69) is 0 Å². The highest BCUT2D eigenvalue weighted by molar-refractivity contribution is 5.80. The molecule has 0 aliphatic heterocycles. The van der Waals surface area contributed by atoms with E-state index in [1.165, 1.54) is 4.90 Å². The highest BCUT2D eigenvalue weighted by Gasteiger charge is 2.12. The number of carboxylic acid groups (broad SMARTS) is 1. The predicted molar refractivity (Wildman–Crippen MR) is 48.2 cm³/mol. The molecule has 0 bridgehead atoms. The van der Waals surface area contributed by atoms with E-state index >= 15 is 0 Å². The molecule has 1 amide bonds. The second-order valence-corrected chi connectivity index (χ2v) is 3.05. The van der Waals surface area contributed by atoms with Crippen LogP contribution in [0.2, 0.25) is 0 Å². The van der Waals surface area contributed by atoms with E-state index in [-0.39, 0.29) is 12.3 Å². The van der Waals surface area contributed by atoms with E-state index in [1.54, 1.807) is 14.0 Å². The first-order valence-corrected chi connectivity index (χ1v) is 4.17. The Hall–Kier alpha value is -1.10. The van der Waals surface area contributed by atoms with Gasteiger partial charge in [0.05, 0.1) is 6.04 Å². The van der Waals surface area contributed by atoms with E-state index in [0.717, 1.165) is 0 Å². The number of carboxylic acids is 1. The van der Waals surface area contributed by atoms with Gasteiger partial charge in [-0.3, -0.25) is 9.59 Å². The molecule has 0 heterocycles. The van der Waals surface area contributed by atoms with Gasteiger partial charge in [-0.25, -0.2) is 0 Å². The van der Waals surface area contributed by atoms with E-state index in [9.17, 15) is 9.59 Å². The number of carbonyl (C=O) groups excluding carboxylic acids is 1. The fraction of sp³-hybridized carbons (Fsp3) is 0.750. The van der Waals surface area contributed by atoms with Gasteiger partial charge in [-0.2, -0.15) is 0 Å². The van der Waals surface area contributed by atoms with Crippen molar-refractivity contribution in [2.75, 3.05) is 13.6 Å². The molecule has 3 N–H and O–H groups in total. The van der Waals surface area contributed by atoms with Gasteiger partial charge in [-0.1, -0.05) is 0 Å². The monoisotopic (exact) mass is 188 g/mol. The maximum atomic E-state index is 11.2. The third-order valence-electron chi connectivity index (χ3n) is 1.65. The Morgan fingerprint density at radius 1 is 1.54 bits per heavy atom. The van der Waals surface area contributed by atoms with Crippen LogP contribution < -0.4 is 5.73 Å². The van der Waals surface area contributed by atoms with Crippen molar-refractivity contribution >= 4 is 11.9 Å². The summed E-state index contributed by atoms with van der Waals surface area (Å²) in [5.41, 5.74) is 5.36. The van der Waals surface area contributed by atoms with E-state index in [1.807, 2.05) is 0 Å². The molecule has 0 aromatic heterocycles. The Kier molecular flexibility index (Phi) is 5.06. The fourth-order valence-electron chi connectivity index (χ4n) is 0.925. The standard InChI is InChI=1S/C8H16N2O3/c1-6(9)8(13)10(2)5-3-4-7(11)12/h6H,3-5,9H2,1-2H3,(H,11,12). The van der Waals surface area contributed by atoms with Crippen LogP contribution in [0.15, 0.2) is 0 Å². The quantitative estimate of drug-likeness (QED) is 0.618. The molecule has 5 nitrogen and oxygen atoms in total. The lowest BCUT2D eigenvalue weighted by molar-refractivity contribution is -0.138. The molecule has 1 unspecified atom stereocenters. The number of hydrogen-bond donors (Lipinski definition) is 2. The normalized spacial score (nSPS) is 12.2. The van der Waals surface area contributed by atoms with Crippen molar-refractivity contribution in [2.45, 2.75) is 25.8 Å². The summed E-state index contributed by atoms with van der Waals surface area (Å²) in [5.74, 6) is -1.01. The molecule has 0 aromatic carbocycles. The van der Waals surface area contributed by atoms with Gasteiger partial charge in [-0.15, -0.1) is 0 Å². The topological polar surface area (TPSA) is 83.6 Å². The summed E-state index contributed by atoms with van der Waals surface area (Å²) in [6, 6.07) is -0.519. The van der Waals surface area contributed by atoms with Gasteiger partial charge < -0.3 is 15.7 Å². The Morgan fingerprint density at radius 3 is 2.46 bits per heavy atom. The molecule has 0 saturated heterocycles. The van der Waals surface area contributed by atoms with Crippen LogP contribution in [-0.4, -0.2) is 41.5 Å². The Labute approximate surface area is 77.5 Å². The molecule has 1 atom stereocenters. The van der Waals surface area contributed by atoms with E-state index in [0.29, 0.717) is 13.0 Å². The second-order valence-electron chi connectivity index (χ2n) is 3.05. The second kappa shape index (κ2) is 5.53. The lowest BCUT2D eigenvalue weighted by Crippen LogP contribution is -2.40. The van der Waals surface area contributed by atoms with Crippen LogP contribution in [0.25, 0.3) is 0 Å². The highest BCUT2D eigenvalue weighted by atomic mass is 16.4. The maximum Gasteiger partial charge on any atom is 0.303 e. The number of nitrogens with zero attached hydrogens (tertiary/aromatic N) is 1. The van der Waals surface area contributed by atoms with Gasteiger partial charge in [0.2, 0.25) is 5.91 Å². The molecule has 0 saturated carbocycles. The van der Waals surface area contributed by atoms with Crippen LogP contribution in [0.5, 0.6) is 0 Å². The number of carbonyl (C=O) groups is 2. The molecule has 5 heteroatoms. The van der Waals surface area contributed by atoms with Crippen molar-refractivity contribution in [3.05, 3.63) is 0 Å². The molecular formula is C8H16N2O3. The van der Waals surface area contributed by atoms with Crippen molar-refractivity contribution in [3.8, 4) is 0 Å². The highest BCUT2D eigenvalue weighted by Crippen LogP contribution is 1.95. The van der Waals surface area contributed by atoms with Gasteiger partial charge in [0.1, 0.15) is 0 Å². The van der Waals surface area contributed by atoms with E-state index < -0.39 is 12.0 Å². The number of amides is 1. The fourth-order valence-corrected chi connectivity index (χ4v) is 0.925. The molecule has 0 aliphatic rings. The summed E-state index contributed by atoms with van der Waals surface area (Å²) in [6.45, 7) is 2.04.